The summed E-state index contributed by atoms with van der Waals surface area (Å²) >= 11 is 9.23. The van der Waals surface area contributed by atoms with E-state index in [1.807, 2.05) is 13.0 Å². The number of anilines is 1. The van der Waals surface area contributed by atoms with Crippen molar-refractivity contribution in [2.45, 2.75) is 6.92 Å². The van der Waals surface area contributed by atoms with E-state index in [0.717, 1.165) is 5.56 Å². The van der Waals surface area contributed by atoms with Gasteiger partial charge >= 0.3 is 0 Å². The Bertz CT molecular complexity index is 579. The Balaban J connectivity index is 2.36. The van der Waals surface area contributed by atoms with Crippen molar-refractivity contribution in [2.24, 2.45) is 5.84 Å². The van der Waals surface area contributed by atoms with Crippen molar-refractivity contribution in [1.29, 1.82) is 0 Å². The number of hydrogen-bond donors (Lipinski definition) is 2. The Hall–Kier alpha value is -1.37. The van der Waals surface area contributed by atoms with Gasteiger partial charge < -0.3 is 4.74 Å². The fraction of sp³-hybridized carbons (Fsp3) is 0.0909. The van der Waals surface area contributed by atoms with E-state index in [9.17, 15) is 0 Å². The van der Waals surface area contributed by atoms with E-state index in [-0.39, 0.29) is 5.95 Å². The number of nitrogens with one attached hydrogen (secondary N) is 1. The summed E-state index contributed by atoms with van der Waals surface area (Å²) in [5, 5.41) is 0.595. The van der Waals surface area contributed by atoms with Crippen LogP contribution in [0.4, 0.5) is 5.95 Å². The van der Waals surface area contributed by atoms with E-state index in [1.165, 1.54) is 0 Å². The number of benzene rings is 1. The summed E-state index contributed by atoms with van der Waals surface area (Å²) in [6.07, 6.45) is 1.55. The van der Waals surface area contributed by atoms with E-state index in [1.54, 1.807) is 18.3 Å². The average molecular weight is 330 g/mol. The van der Waals surface area contributed by atoms with Gasteiger partial charge in [-0.2, -0.15) is 4.98 Å². The predicted octanol–water partition coefficient (Wildman–Crippen LogP) is 3.28. The van der Waals surface area contributed by atoms with E-state index in [4.69, 9.17) is 22.2 Å². The molecule has 0 aliphatic rings. The van der Waals surface area contributed by atoms with Crippen LogP contribution in [-0.2, 0) is 0 Å². The number of nitrogens with two attached hydrogens (primary N) is 1. The number of hydrazine groups is 1. The first-order valence-electron chi connectivity index (χ1n) is 5.03. The molecule has 0 aliphatic heterocycles. The van der Waals surface area contributed by atoms with Gasteiger partial charge in [0.2, 0.25) is 11.8 Å². The van der Waals surface area contributed by atoms with E-state index < -0.39 is 0 Å². The van der Waals surface area contributed by atoms with Crippen LogP contribution in [0.5, 0.6) is 11.6 Å². The zero-order chi connectivity index (χ0) is 13.1. The van der Waals surface area contributed by atoms with Crippen LogP contribution in [0.3, 0.4) is 0 Å². The molecule has 1 aromatic carbocycles. The maximum Gasteiger partial charge on any atom is 0.240 e. The topological polar surface area (TPSA) is 73.1 Å². The molecule has 0 fully saturated rings. The van der Waals surface area contributed by atoms with Gasteiger partial charge in [0.25, 0.3) is 0 Å². The fourth-order valence-electron chi connectivity index (χ4n) is 1.28. The lowest BCUT2D eigenvalue weighted by Gasteiger charge is -2.10. The predicted molar refractivity (Wildman–Crippen MR) is 73.8 cm³/mol. The molecule has 0 amide bonds. The number of nitrogens with zero attached hydrogens (tertiary/aromatic N) is 2. The van der Waals surface area contributed by atoms with Gasteiger partial charge in [-0.25, -0.2) is 10.8 Å². The molecule has 0 spiro atoms. The van der Waals surface area contributed by atoms with Gasteiger partial charge in [0.1, 0.15) is 5.75 Å². The highest BCUT2D eigenvalue weighted by Crippen LogP contribution is 2.31. The average Bonchev–Trinajstić information content (AvgIpc) is 2.36. The molecule has 0 saturated heterocycles. The van der Waals surface area contributed by atoms with Crippen LogP contribution >= 0.6 is 27.5 Å². The summed E-state index contributed by atoms with van der Waals surface area (Å²) in [7, 11) is 0. The number of halogens is 2. The van der Waals surface area contributed by atoms with Gasteiger partial charge in [-0.3, -0.25) is 5.43 Å². The second-order valence-electron chi connectivity index (χ2n) is 3.50. The third-order valence-corrected chi connectivity index (χ3v) is 2.98. The van der Waals surface area contributed by atoms with Crippen molar-refractivity contribution in [1.82, 2.24) is 9.97 Å². The first kappa shape index (κ1) is 13.1. The fourth-order valence-corrected chi connectivity index (χ4v) is 1.71. The van der Waals surface area contributed by atoms with Crippen molar-refractivity contribution in [3.05, 3.63) is 39.5 Å². The summed E-state index contributed by atoms with van der Waals surface area (Å²) in [6.45, 7) is 1.92. The lowest BCUT2D eigenvalue weighted by molar-refractivity contribution is 0.455. The molecule has 2 rings (SSSR count). The highest BCUT2D eigenvalue weighted by molar-refractivity contribution is 9.10. The number of rotatable bonds is 3. The van der Waals surface area contributed by atoms with Gasteiger partial charge in [-0.15, -0.1) is 0 Å². The van der Waals surface area contributed by atoms with E-state index in [2.05, 4.69) is 31.3 Å². The monoisotopic (exact) mass is 328 g/mol. The second-order valence-corrected chi connectivity index (χ2v) is 4.79. The third-order valence-electron chi connectivity index (χ3n) is 2.20. The Morgan fingerprint density at radius 3 is 2.94 bits per heavy atom. The first-order valence-corrected chi connectivity index (χ1v) is 6.20. The van der Waals surface area contributed by atoms with Gasteiger partial charge in [0, 0.05) is 5.02 Å². The van der Waals surface area contributed by atoms with Crippen LogP contribution in [-0.4, -0.2) is 9.97 Å². The molecule has 18 heavy (non-hydrogen) atoms. The maximum absolute atomic E-state index is 5.92. The first-order chi connectivity index (χ1) is 8.60. The molecule has 0 radical (unpaired) electrons. The number of ether oxygens (including phenoxy) is 1. The molecule has 7 heteroatoms. The van der Waals surface area contributed by atoms with Gasteiger partial charge in [-0.05, 0) is 40.5 Å². The molecule has 0 aliphatic carbocycles. The van der Waals surface area contributed by atoms with Gasteiger partial charge in [0.15, 0.2) is 0 Å². The molecule has 2 aromatic rings. The van der Waals surface area contributed by atoms with E-state index in [0.29, 0.717) is 21.1 Å². The van der Waals surface area contributed by atoms with Crippen molar-refractivity contribution in [3.8, 4) is 11.6 Å². The lowest BCUT2D eigenvalue weighted by atomic mass is 10.2. The zero-order valence-electron chi connectivity index (χ0n) is 9.45. The molecule has 5 nitrogen and oxygen atoms in total. The van der Waals surface area contributed by atoms with Crippen LogP contribution in [0.15, 0.2) is 28.9 Å². The molecule has 0 atom stereocenters. The highest BCUT2D eigenvalue weighted by atomic mass is 79.9. The minimum absolute atomic E-state index is 0.271. The normalized spacial score (nSPS) is 10.2. The molecule has 0 saturated carbocycles. The second kappa shape index (κ2) is 5.51. The molecule has 1 heterocycles. The summed E-state index contributed by atoms with van der Waals surface area (Å²) in [5.41, 5.74) is 3.31. The molecule has 0 unspecified atom stereocenters. The van der Waals surface area contributed by atoms with Gasteiger partial charge in [0.05, 0.1) is 10.7 Å². The Morgan fingerprint density at radius 1 is 1.44 bits per heavy atom. The summed E-state index contributed by atoms with van der Waals surface area (Å²) in [6, 6.07) is 5.39. The highest BCUT2D eigenvalue weighted by Gasteiger charge is 2.09. The molecular formula is C11H10BrClN4O. The van der Waals surface area contributed by atoms with Crippen LogP contribution in [0, 0.1) is 6.92 Å². The minimum atomic E-state index is 0.271. The largest absolute Gasteiger partial charge is 0.437 e. The maximum atomic E-state index is 5.92. The van der Waals surface area contributed by atoms with Crippen molar-refractivity contribution >= 4 is 33.5 Å². The number of nitrogen functional groups attached to an aromatic ring is 1. The molecular weight excluding hydrogens is 320 g/mol. The smallest absolute Gasteiger partial charge is 0.240 e. The minimum Gasteiger partial charge on any atom is -0.437 e. The SMILES string of the molecule is Cc1ccc(Cl)cc1Oc1nc(NN)ncc1Br. The molecule has 3 N–H and O–H groups in total. The number of aromatic nitrogens is 2. The van der Waals surface area contributed by atoms with Crippen LogP contribution < -0.4 is 16.0 Å². The van der Waals surface area contributed by atoms with Crippen molar-refractivity contribution in [3.63, 3.8) is 0 Å². The zero-order valence-corrected chi connectivity index (χ0v) is 11.8. The Morgan fingerprint density at radius 2 is 2.22 bits per heavy atom. The van der Waals surface area contributed by atoms with Gasteiger partial charge in [-0.1, -0.05) is 17.7 Å². The molecule has 0 bridgehead atoms. The van der Waals surface area contributed by atoms with E-state index >= 15 is 0 Å². The Labute approximate surface area is 117 Å². The summed E-state index contributed by atoms with van der Waals surface area (Å²) < 4.78 is 6.31. The quantitative estimate of drug-likeness (QED) is 0.668. The third kappa shape index (κ3) is 2.90. The van der Waals surface area contributed by atoms with Crippen molar-refractivity contribution in [2.75, 3.05) is 5.43 Å². The standard InChI is InChI=1S/C11H10BrClN4O/c1-6-2-3-7(13)4-9(6)18-10-8(12)5-15-11(16-10)17-14/h2-5H,14H2,1H3,(H,15,16,17). The number of hydrogen-bond acceptors (Lipinski definition) is 5. The molecule has 1 aromatic heterocycles. The molecule has 94 valence electrons. The summed E-state index contributed by atoms with van der Waals surface area (Å²) in [5.74, 6) is 6.51. The van der Waals surface area contributed by atoms with Crippen LogP contribution in [0.1, 0.15) is 5.56 Å². The van der Waals surface area contributed by atoms with Crippen LogP contribution in [0.25, 0.3) is 0 Å². The lowest BCUT2D eigenvalue weighted by Crippen LogP contribution is -2.10. The van der Waals surface area contributed by atoms with Crippen LogP contribution in [0.2, 0.25) is 5.02 Å². The number of aryl methyl sites for hydroxylation is 1. The van der Waals surface area contributed by atoms with Crippen molar-refractivity contribution < 1.29 is 4.74 Å². The summed E-state index contributed by atoms with van der Waals surface area (Å²) in [4.78, 5) is 8.04. The Kier molecular flexibility index (Phi) is 4.00.